The minimum absolute atomic E-state index is 0.0283. The number of benzene rings is 2. The summed E-state index contributed by atoms with van der Waals surface area (Å²) in [5, 5.41) is 14.7. The van der Waals surface area contributed by atoms with Crippen LogP contribution < -0.4 is 14.8 Å². The first-order valence-corrected chi connectivity index (χ1v) is 8.77. The van der Waals surface area contributed by atoms with Crippen LogP contribution in [-0.4, -0.2) is 32.5 Å². The largest absolute Gasteiger partial charge is 0.493 e. The summed E-state index contributed by atoms with van der Waals surface area (Å²) in [6.45, 7) is 0.608. The average molecular weight is 376 g/mol. The predicted octanol–water partition coefficient (Wildman–Crippen LogP) is 3.97. The molecule has 3 rings (SSSR count). The molecular formula is C20H22ClNO4. The first-order valence-electron chi connectivity index (χ1n) is 8.39. The quantitative estimate of drug-likeness (QED) is 0.623. The highest BCUT2D eigenvalue weighted by Gasteiger charge is 2.16. The molecule has 0 aliphatic rings. The Morgan fingerprint density at radius 1 is 1.15 bits per heavy atom. The fraction of sp³-hybridized carbons (Fsp3) is 0.300. The van der Waals surface area contributed by atoms with Crippen LogP contribution in [0.2, 0.25) is 5.02 Å². The highest BCUT2D eigenvalue weighted by molar-refractivity contribution is 6.33. The van der Waals surface area contributed by atoms with Gasteiger partial charge in [-0.2, -0.15) is 0 Å². The van der Waals surface area contributed by atoms with Crippen molar-refractivity contribution in [2.75, 3.05) is 27.4 Å². The Morgan fingerprint density at radius 2 is 2.00 bits per heavy atom. The molecule has 0 amide bonds. The number of aliphatic hydroxyl groups is 1. The molecule has 0 spiro atoms. The number of furan rings is 1. The molecule has 6 heteroatoms. The topological polar surface area (TPSA) is 63.9 Å². The lowest BCUT2D eigenvalue weighted by molar-refractivity contribution is 0.245. The summed E-state index contributed by atoms with van der Waals surface area (Å²) >= 11 is 6.43. The molecular weight excluding hydrogens is 354 g/mol. The van der Waals surface area contributed by atoms with Crippen LogP contribution in [0, 0.1) is 0 Å². The van der Waals surface area contributed by atoms with E-state index in [2.05, 4.69) is 5.32 Å². The molecule has 0 bridgehead atoms. The van der Waals surface area contributed by atoms with Crippen LogP contribution >= 0.6 is 11.6 Å². The van der Waals surface area contributed by atoms with E-state index in [1.165, 1.54) is 0 Å². The lowest BCUT2D eigenvalue weighted by Gasteiger charge is -2.18. The Balaban J connectivity index is 1.71. The third-order valence-electron chi connectivity index (χ3n) is 4.42. The summed E-state index contributed by atoms with van der Waals surface area (Å²) in [5.74, 6) is 1.14. The van der Waals surface area contributed by atoms with E-state index >= 15 is 0 Å². The molecule has 2 N–H and O–H groups in total. The molecule has 0 radical (unpaired) electrons. The summed E-state index contributed by atoms with van der Waals surface area (Å²) in [6, 6.07) is 11.4. The lowest BCUT2D eigenvalue weighted by atomic mass is 10.0. The second-order valence-corrected chi connectivity index (χ2v) is 6.28. The van der Waals surface area contributed by atoms with E-state index in [4.69, 9.17) is 25.5 Å². The number of rotatable bonds is 8. The number of fused-ring (bicyclic) bond motifs is 1. The SMILES string of the molecule is COc1ccc(CCNC(CO)c2cccc3ccoc23)c(Cl)c1OC. The van der Waals surface area contributed by atoms with Gasteiger partial charge in [-0.05, 0) is 30.7 Å². The number of hydrogen-bond donors (Lipinski definition) is 2. The fourth-order valence-electron chi connectivity index (χ4n) is 3.07. The maximum Gasteiger partial charge on any atom is 0.179 e. The predicted molar refractivity (Wildman–Crippen MR) is 102 cm³/mol. The van der Waals surface area contributed by atoms with E-state index in [0.29, 0.717) is 29.5 Å². The van der Waals surface area contributed by atoms with E-state index in [1.54, 1.807) is 20.5 Å². The van der Waals surface area contributed by atoms with Gasteiger partial charge in [-0.3, -0.25) is 0 Å². The van der Waals surface area contributed by atoms with Gasteiger partial charge < -0.3 is 24.3 Å². The number of halogens is 1. The molecule has 138 valence electrons. The molecule has 1 atom stereocenters. The van der Waals surface area contributed by atoms with Gasteiger partial charge in [0.25, 0.3) is 0 Å². The lowest BCUT2D eigenvalue weighted by Crippen LogP contribution is -2.26. The van der Waals surface area contributed by atoms with Crippen LogP contribution in [-0.2, 0) is 6.42 Å². The van der Waals surface area contributed by atoms with Crippen LogP contribution in [0.3, 0.4) is 0 Å². The molecule has 0 fully saturated rings. The Hall–Kier alpha value is -2.21. The van der Waals surface area contributed by atoms with Crippen molar-refractivity contribution in [2.45, 2.75) is 12.5 Å². The van der Waals surface area contributed by atoms with E-state index < -0.39 is 0 Å². The smallest absolute Gasteiger partial charge is 0.179 e. The van der Waals surface area contributed by atoms with Gasteiger partial charge in [-0.1, -0.05) is 35.9 Å². The molecule has 0 aliphatic heterocycles. The average Bonchev–Trinajstić information content (AvgIpc) is 3.15. The second-order valence-electron chi connectivity index (χ2n) is 5.90. The third kappa shape index (κ3) is 3.65. The van der Waals surface area contributed by atoms with Crippen LogP contribution in [0.1, 0.15) is 17.2 Å². The third-order valence-corrected chi connectivity index (χ3v) is 4.83. The minimum Gasteiger partial charge on any atom is -0.493 e. The number of para-hydroxylation sites is 1. The van der Waals surface area contributed by atoms with E-state index in [0.717, 1.165) is 22.1 Å². The van der Waals surface area contributed by atoms with Gasteiger partial charge in [0.2, 0.25) is 0 Å². The van der Waals surface area contributed by atoms with Crippen molar-refractivity contribution in [2.24, 2.45) is 0 Å². The molecule has 26 heavy (non-hydrogen) atoms. The number of ether oxygens (including phenoxy) is 2. The van der Waals surface area contributed by atoms with Gasteiger partial charge >= 0.3 is 0 Å². The van der Waals surface area contributed by atoms with Gasteiger partial charge in [0, 0.05) is 10.9 Å². The maximum absolute atomic E-state index is 9.81. The molecule has 1 aromatic heterocycles. The number of hydrogen-bond acceptors (Lipinski definition) is 5. The molecule has 3 aromatic rings. The van der Waals surface area contributed by atoms with Gasteiger partial charge in [0.05, 0.1) is 38.2 Å². The Labute approximate surface area is 157 Å². The molecule has 0 aliphatic carbocycles. The van der Waals surface area contributed by atoms with Crippen LogP contribution in [0.5, 0.6) is 11.5 Å². The molecule has 0 saturated heterocycles. The van der Waals surface area contributed by atoms with Crippen LogP contribution in [0.25, 0.3) is 11.0 Å². The number of methoxy groups -OCH3 is 2. The Morgan fingerprint density at radius 3 is 2.73 bits per heavy atom. The number of aliphatic hydroxyl groups excluding tert-OH is 1. The van der Waals surface area contributed by atoms with Crippen molar-refractivity contribution in [3.63, 3.8) is 0 Å². The fourth-order valence-corrected chi connectivity index (χ4v) is 3.40. The van der Waals surface area contributed by atoms with Gasteiger partial charge in [0.15, 0.2) is 11.5 Å². The zero-order valence-corrected chi connectivity index (χ0v) is 15.5. The van der Waals surface area contributed by atoms with Crippen LogP contribution in [0.4, 0.5) is 0 Å². The molecule has 1 heterocycles. The zero-order chi connectivity index (χ0) is 18.5. The first-order chi connectivity index (χ1) is 12.7. The number of nitrogens with one attached hydrogen (secondary N) is 1. The summed E-state index contributed by atoms with van der Waals surface area (Å²) < 4.78 is 16.2. The molecule has 0 saturated carbocycles. The van der Waals surface area contributed by atoms with Crippen LogP contribution in [0.15, 0.2) is 47.1 Å². The van der Waals surface area contributed by atoms with E-state index in [1.807, 2.05) is 36.4 Å². The summed E-state index contributed by atoms with van der Waals surface area (Å²) in [7, 11) is 3.15. The van der Waals surface area contributed by atoms with Gasteiger partial charge in [-0.25, -0.2) is 0 Å². The van der Waals surface area contributed by atoms with Crippen molar-refractivity contribution >= 4 is 22.6 Å². The van der Waals surface area contributed by atoms with Crippen molar-refractivity contribution in [1.29, 1.82) is 0 Å². The summed E-state index contributed by atoms with van der Waals surface area (Å²) in [5.41, 5.74) is 2.68. The van der Waals surface area contributed by atoms with Crippen molar-refractivity contribution in [1.82, 2.24) is 5.32 Å². The van der Waals surface area contributed by atoms with Crippen molar-refractivity contribution in [3.8, 4) is 11.5 Å². The standard InChI is InChI=1S/C20H22ClNO4/c1-24-17-7-6-13(18(21)20(17)25-2)8-10-22-16(12-23)15-5-3-4-14-9-11-26-19(14)15/h3-7,9,11,16,22-23H,8,10,12H2,1-2H3. The molecule has 2 aromatic carbocycles. The first kappa shape index (κ1) is 18.6. The summed E-state index contributed by atoms with van der Waals surface area (Å²) in [6.07, 6.45) is 2.34. The second kappa shape index (κ2) is 8.45. The highest BCUT2D eigenvalue weighted by atomic mass is 35.5. The molecule has 5 nitrogen and oxygen atoms in total. The Bertz CT molecular complexity index is 877. The van der Waals surface area contributed by atoms with Gasteiger partial charge in [0.1, 0.15) is 5.58 Å². The van der Waals surface area contributed by atoms with Crippen molar-refractivity contribution in [3.05, 3.63) is 58.8 Å². The van der Waals surface area contributed by atoms with E-state index in [-0.39, 0.29) is 12.6 Å². The maximum atomic E-state index is 9.81. The minimum atomic E-state index is -0.219. The monoisotopic (exact) mass is 375 g/mol. The highest BCUT2D eigenvalue weighted by Crippen LogP contribution is 2.37. The van der Waals surface area contributed by atoms with Crippen molar-refractivity contribution < 1.29 is 19.0 Å². The normalized spacial score (nSPS) is 12.3. The Kier molecular flexibility index (Phi) is 6.04. The van der Waals surface area contributed by atoms with Gasteiger partial charge in [-0.15, -0.1) is 0 Å². The van der Waals surface area contributed by atoms with E-state index in [9.17, 15) is 5.11 Å². The summed E-state index contributed by atoms with van der Waals surface area (Å²) in [4.78, 5) is 0. The molecule has 1 unspecified atom stereocenters. The zero-order valence-electron chi connectivity index (χ0n) is 14.8.